The lowest BCUT2D eigenvalue weighted by Gasteiger charge is -2.26. The molecule has 0 bridgehead atoms. The van der Waals surface area contributed by atoms with Gasteiger partial charge in [-0.05, 0) is 6.07 Å². The van der Waals surface area contributed by atoms with E-state index in [4.69, 9.17) is 5.73 Å². The predicted octanol–water partition coefficient (Wildman–Crippen LogP) is 1.41. The Bertz CT molecular complexity index is 795. The van der Waals surface area contributed by atoms with Gasteiger partial charge in [-0.2, -0.15) is 0 Å². The molecule has 0 fully saturated rings. The summed E-state index contributed by atoms with van der Waals surface area (Å²) in [6, 6.07) is 7.72. The number of nitrogens with two attached hydrogens (primary N) is 1. The van der Waals surface area contributed by atoms with Crippen LogP contribution < -0.4 is 11.1 Å². The van der Waals surface area contributed by atoms with Crippen LogP contribution in [-0.2, 0) is 7.05 Å². The third-order valence-corrected chi connectivity index (χ3v) is 5.76. The van der Waals surface area contributed by atoms with Crippen LogP contribution in [0.1, 0.15) is 10.4 Å². The number of Topliss-reactive ketones (excluding diaryl/α,β-unsaturated/α-hetero) is 1. The van der Waals surface area contributed by atoms with Crippen molar-refractivity contribution >= 4 is 34.3 Å². The number of benzene rings is 1. The Morgan fingerprint density at radius 2 is 2.27 bits per heavy atom. The lowest BCUT2D eigenvalue weighted by atomic mass is 9.91. The SMILES string of the molecule is Cn1c2c(c3ccccc31)C(=O)C(C(N)C1=NCCN1)CS2. The summed E-state index contributed by atoms with van der Waals surface area (Å²) in [4.78, 5) is 17.4. The minimum atomic E-state index is -0.338. The molecule has 114 valence electrons. The molecule has 3 heterocycles. The van der Waals surface area contributed by atoms with Gasteiger partial charge in [0.2, 0.25) is 0 Å². The average Bonchev–Trinajstić information content (AvgIpc) is 3.16. The van der Waals surface area contributed by atoms with E-state index in [2.05, 4.69) is 20.9 Å². The zero-order valence-corrected chi connectivity index (χ0v) is 13.2. The molecule has 6 heteroatoms. The van der Waals surface area contributed by atoms with E-state index in [1.807, 2.05) is 25.2 Å². The number of aromatic nitrogens is 1. The Kier molecular flexibility index (Phi) is 3.23. The number of fused-ring (bicyclic) bond motifs is 3. The number of aryl methyl sites for hydroxylation is 1. The van der Waals surface area contributed by atoms with Crippen molar-refractivity contribution in [2.75, 3.05) is 18.8 Å². The molecule has 0 amide bonds. The monoisotopic (exact) mass is 314 g/mol. The molecule has 0 radical (unpaired) electrons. The molecule has 0 saturated carbocycles. The first-order chi connectivity index (χ1) is 10.7. The molecule has 5 nitrogen and oxygen atoms in total. The molecule has 0 spiro atoms. The number of thioether (sulfide) groups is 1. The predicted molar refractivity (Wildman–Crippen MR) is 89.7 cm³/mol. The van der Waals surface area contributed by atoms with Gasteiger partial charge in [0, 0.05) is 30.2 Å². The number of aliphatic imine (C=N–C) groups is 1. The number of rotatable bonds is 2. The second-order valence-corrected chi connectivity index (χ2v) is 6.77. The summed E-state index contributed by atoms with van der Waals surface area (Å²) in [5.74, 6) is 1.42. The maximum absolute atomic E-state index is 13.1. The number of carbonyl (C=O) groups excluding carboxylic acids is 1. The second kappa shape index (κ2) is 5.14. The van der Waals surface area contributed by atoms with Gasteiger partial charge in [-0.15, -0.1) is 11.8 Å². The van der Waals surface area contributed by atoms with Crippen molar-refractivity contribution < 1.29 is 4.79 Å². The largest absolute Gasteiger partial charge is 0.371 e. The van der Waals surface area contributed by atoms with E-state index in [0.717, 1.165) is 40.4 Å². The molecule has 3 N–H and O–H groups in total. The molecule has 4 rings (SSSR count). The highest BCUT2D eigenvalue weighted by molar-refractivity contribution is 7.99. The number of hydrogen-bond donors (Lipinski definition) is 2. The molecule has 1 aromatic carbocycles. The molecule has 1 aromatic heterocycles. The van der Waals surface area contributed by atoms with Gasteiger partial charge in [0.05, 0.1) is 29.1 Å². The fourth-order valence-corrected chi connectivity index (χ4v) is 4.65. The standard InChI is InChI=1S/C16H18N4OS/c1-20-11-5-3-2-4-9(11)12-14(21)10(8-22-16(12)20)13(17)15-18-6-7-19-15/h2-5,10,13H,6-8,17H2,1H3,(H,18,19). The molecular formula is C16H18N4OS. The number of nitrogens with zero attached hydrogens (tertiary/aromatic N) is 2. The van der Waals surface area contributed by atoms with Gasteiger partial charge in [0.1, 0.15) is 5.84 Å². The van der Waals surface area contributed by atoms with Crippen molar-refractivity contribution in [3.05, 3.63) is 29.8 Å². The zero-order chi connectivity index (χ0) is 15.3. The molecule has 0 aliphatic carbocycles. The zero-order valence-electron chi connectivity index (χ0n) is 12.4. The summed E-state index contributed by atoms with van der Waals surface area (Å²) in [5.41, 5.74) is 8.24. The van der Waals surface area contributed by atoms with Crippen LogP contribution in [-0.4, -0.2) is 41.1 Å². The van der Waals surface area contributed by atoms with E-state index in [0.29, 0.717) is 5.75 Å². The fourth-order valence-electron chi connectivity index (χ4n) is 3.30. The Hall–Kier alpha value is -1.79. The van der Waals surface area contributed by atoms with Crippen LogP contribution in [0.2, 0.25) is 0 Å². The highest BCUT2D eigenvalue weighted by atomic mass is 32.2. The average molecular weight is 314 g/mol. The minimum Gasteiger partial charge on any atom is -0.371 e. The second-order valence-electron chi connectivity index (χ2n) is 5.76. The van der Waals surface area contributed by atoms with E-state index < -0.39 is 0 Å². The Labute approximate surface area is 133 Å². The first-order valence-electron chi connectivity index (χ1n) is 7.46. The maximum Gasteiger partial charge on any atom is 0.172 e. The molecule has 2 aromatic rings. The van der Waals surface area contributed by atoms with Crippen molar-refractivity contribution in [3.8, 4) is 0 Å². The summed E-state index contributed by atoms with van der Waals surface area (Å²) in [5, 5.41) is 5.27. The molecule has 2 unspecified atom stereocenters. The number of amidine groups is 1. The van der Waals surface area contributed by atoms with Crippen molar-refractivity contribution in [1.82, 2.24) is 9.88 Å². The summed E-state index contributed by atoms with van der Waals surface area (Å²) in [7, 11) is 2.02. The van der Waals surface area contributed by atoms with E-state index in [1.165, 1.54) is 0 Å². The van der Waals surface area contributed by atoms with Crippen LogP contribution in [0.25, 0.3) is 10.9 Å². The van der Waals surface area contributed by atoms with Gasteiger partial charge in [-0.25, -0.2) is 0 Å². The van der Waals surface area contributed by atoms with Gasteiger partial charge >= 0.3 is 0 Å². The third kappa shape index (κ3) is 1.90. The molecule has 0 saturated heterocycles. The summed E-state index contributed by atoms with van der Waals surface area (Å²) >= 11 is 1.72. The summed E-state index contributed by atoms with van der Waals surface area (Å²) < 4.78 is 2.11. The highest BCUT2D eigenvalue weighted by Crippen LogP contribution is 2.39. The number of para-hydroxylation sites is 1. The summed E-state index contributed by atoms with van der Waals surface area (Å²) in [6.45, 7) is 1.56. The lowest BCUT2D eigenvalue weighted by Crippen LogP contribution is -2.48. The van der Waals surface area contributed by atoms with Gasteiger partial charge in [-0.1, -0.05) is 18.2 Å². The van der Waals surface area contributed by atoms with Crippen molar-refractivity contribution in [2.24, 2.45) is 23.7 Å². The maximum atomic E-state index is 13.1. The quantitative estimate of drug-likeness (QED) is 0.879. The van der Waals surface area contributed by atoms with Crippen LogP contribution >= 0.6 is 11.8 Å². The molecule has 2 aliphatic rings. The molecule has 2 atom stereocenters. The number of nitrogens with one attached hydrogen (secondary N) is 1. The summed E-state index contributed by atoms with van der Waals surface area (Å²) in [6.07, 6.45) is 0. The fraction of sp³-hybridized carbons (Fsp3) is 0.375. The van der Waals surface area contributed by atoms with Crippen LogP contribution in [0.3, 0.4) is 0 Å². The molecular weight excluding hydrogens is 296 g/mol. The minimum absolute atomic E-state index is 0.148. The lowest BCUT2D eigenvalue weighted by molar-refractivity contribution is 0.0923. The van der Waals surface area contributed by atoms with E-state index in [1.54, 1.807) is 11.8 Å². The number of hydrogen-bond acceptors (Lipinski definition) is 5. The first kappa shape index (κ1) is 13.8. The van der Waals surface area contributed by atoms with Crippen LogP contribution in [0.5, 0.6) is 0 Å². The van der Waals surface area contributed by atoms with E-state index in [-0.39, 0.29) is 17.7 Å². The van der Waals surface area contributed by atoms with Gasteiger partial charge in [-0.3, -0.25) is 9.79 Å². The van der Waals surface area contributed by atoms with Crippen LogP contribution in [0.4, 0.5) is 0 Å². The van der Waals surface area contributed by atoms with Gasteiger partial charge in [0.15, 0.2) is 5.78 Å². The number of ketones is 1. The van der Waals surface area contributed by atoms with Crippen molar-refractivity contribution in [2.45, 2.75) is 11.1 Å². The van der Waals surface area contributed by atoms with Gasteiger partial charge < -0.3 is 15.6 Å². The third-order valence-electron chi connectivity index (χ3n) is 4.49. The van der Waals surface area contributed by atoms with E-state index >= 15 is 0 Å². The van der Waals surface area contributed by atoms with Gasteiger partial charge in [0.25, 0.3) is 0 Å². The number of carbonyl (C=O) groups is 1. The first-order valence-corrected chi connectivity index (χ1v) is 8.45. The van der Waals surface area contributed by atoms with Crippen LogP contribution in [0.15, 0.2) is 34.3 Å². The van der Waals surface area contributed by atoms with E-state index in [9.17, 15) is 4.79 Å². The highest BCUT2D eigenvalue weighted by Gasteiger charge is 2.38. The Morgan fingerprint density at radius 1 is 1.45 bits per heavy atom. The van der Waals surface area contributed by atoms with Crippen molar-refractivity contribution in [1.29, 1.82) is 0 Å². The molecule has 2 aliphatic heterocycles. The normalized spacial score (nSPS) is 22.4. The Morgan fingerprint density at radius 3 is 3.05 bits per heavy atom. The Balaban J connectivity index is 1.78. The smallest absolute Gasteiger partial charge is 0.172 e. The van der Waals surface area contributed by atoms with Crippen LogP contribution in [0, 0.1) is 5.92 Å². The van der Waals surface area contributed by atoms with Crippen molar-refractivity contribution in [3.63, 3.8) is 0 Å². The molecule has 22 heavy (non-hydrogen) atoms. The topological polar surface area (TPSA) is 72.4 Å².